The Bertz CT molecular complexity index is 3780. The molecule has 0 radical (unpaired) electrons. The van der Waals surface area contributed by atoms with Crippen molar-refractivity contribution in [3.63, 3.8) is 0 Å². The molecule has 0 aliphatic carbocycles. The third-order valence-electron chi connectivity index (χ3n) is 18.4. The van der Waals surface area contributed by atoms with Gasteiger partial charge in [0.2, 0.25) is 82.7 Å². The van der Waals surface area contributed by atoms with Gasteiger partial charge in [0.15, 0.2) is 5.96 Å². The fraction of sp³-hybridized carbons (Fsp3) is 0.737. The second-order valence-corrected chi connectivity index (χ2v) is 31.9. The number of alkyl halides is 12. The molecular formula is C76H126F12N20O26. The van der Waals surface area contributed by atoms with E-state index < -0.39 is 242 Å². The number of aliphatic carboxylic acids is 5. The summed E-state index contributed by atoms with van der Waals surface area (Å²) in [6, 6.07) is -16.5. The van der Waals surface area contributed by atoms with E-state index in [1.807, 2.05) is 13.8 Å². The second-order valence-electron chi connectivity index (χ2n) is 31.9. The summed E-state index contributed by atoms with van der Waals surface area (Å²) >= 11 is 0. The van der Waals surface area contributed by atoms with Crippen LogP contribution >= 0.6 is 0 Å². The fourth-order valence-electron chi connectivity index (χ4n) is 11.7. The molecule has 2 heterocycles. The summed E-state index contributed by atoms with van der Waals surface area (Å²) in [5.41, 5.74) is 22.2. The first-order valence-electron chi connectivity index (χ1n) is 41.7. The van der Waals surface area contributed by atoms with Gasteiger partial charge in [-0.05, 0) is 160 Å². The molecule has 29 N–H and O–H groups in total. The number of carbonyl (C=O) groups excluding carboxylic acids is 14. The fourth-order valence-corrected chi connectivity index (χ4v) is 11.7. The molecule has 0 aromatic heterocycles. The summed E-state index contributed by atoms with van der Waals surface area (Å²) in [5, 5.41) is 95.4. The Morgan fingerprint density at radius 3 is 1.20 bits per heavy atom. The number of aliphatic imine (C=N–C) groups is 1. The molecule has 770 valence electrons. The molecule has 2 aliphatic rings. The molecule has 2 saturated heterocycles. The molecule has 14 amide bonds. The van der Waals surface area contributed by atoms with Crippen LogP contribution in [0.15, 0.2) is 4.99 Å². The highest BCUT2D eigenvalue weighted by atomic mass is 19.4. The molecule has 2 rings (SSSR count). The maximum absolute atomic E-state index is 14.2. The van der Waals surface area contributed by atoms with Crippen molar-refractivity contribution in [3.05, 3.63) is 0 Å². The van der Waals surface area contributed by atoms with E-state index >= 15 is 0 Å². The van der Waals surface area contributed by atoms with Crippen LogP contribution in [0.3, 0.4) is 0 Å². The number of amides is 14. The number of aliphatic hydroxyl groups is 2. The largest absolute Gasteiger partial charge is 0.490 e. The van der Waals surface area contributed by atoms with Crippen molar-refractivity contribution in [2.45, 2.75) is 282 Å². The maximum atomic E-state index is 14.2. The quantitative estimate of drug-likeness (QED) is 0.0121. The van der Waals surface area contributed by atoms with Crippen LogP contribution in [0.25, 0.3) is 0 Å². The molecule has 2 aliphatic heterocycles. The lowest BCUT2D eigenvalue weighted by atomic mass is 10.0. The number of carbonyl (C=O) groups is 19. The van der Waals surface area contributed by atoms with Crippen molar-refractivity contribution in [2.24, 2.45) is 51.6 Å². The van der Waals surface area contributed by atoms with Gasteiger partial charge in [-0.2, -0.15) is 52.7 Å². The van der Waals surface area contributed by atoms with E-state index in [1.54, 1.807) is 41.5 Å². The number of carboxylic acid groups (broad SMARTS) is 5. The van der Waals surface area contributed by atoms with Crippen molar-refractivity contribution in [1.29, 1.82) is 0 Å². The molecule has 2 fully saturated rings. The van der Waals surface area contributed by atoms with E-state index in [0.29, 0.717) is 58.2 Å². The molecule has 58 heteroatoms. The summed E-state index contributed by atoms with van der Waals surface area (Å²) in [5.74, 6) is -25.1. The zero-order valence-electron chi connectivity index (χ0n) is 75.3. The van der Waals surface area contributed by atoms with Crippen molar-refractivity contribution < 1.29 is 180 Å². The van der Waals surface area contributed by atoms with E-state index in [1.165, 1.54) is 25.7 Å². The molecule has 0 bridgehead atoms. The van der Waals surface area contributed by atoms with Crippen LogP contribution < -0.4 is 97.4 Å². The number of halogens is 12. The highest BCUT2D eigenvalue weighted by Gasteiger charge is 2.44. The first-order chi connectivity index (χ1) is 61.6. The molecule has 0 spiro atoms. The minimum absolute atomic E-state index is 0.00982. The predicted octanol–water partition coefficient (Wildman–Crippen LogP) is -3.57. The average Bonchev–Trinajstić information content (AvgIpc) is 1.67. The van der Waals surface area contributed by atoms with Gasteiger partial charge in [-0.3, -0.25) is 72.1 Å². The topological polar surface area (TPSA) is 754 Å². The standard InChI is InChI=1S/C68H122N20O18.4C2HF3O2/c1-35(2)29-46(83-57(95)42-21-16-26-73-42)60(98)77-40(10)56(94)81-44(22-17-27-74-68(71)72)59(97)87-54(41(11)90)65(103)84-47(30-36(3)4)61(99)85-49(34-89)62(100)86-53(38(7)8)64(102)78-39(9)55(93)75-32-52(92)80-48(31-37(5)6)66(104)88-28-18-23-50(88)63(101)76-33-51(91)79-43(19-12-14-24-69)58(96)82-45(67(105)106)20-13-15-25-70;4*3-2(4,5)1(6)7/h35-50,53-54,73,89-90H,12-34,69-70H2,1-11H3,(H,75,93)(H,76,101)(H,77,98)(H,78,102)(H,79,91)(H,80,92)(H,81,94)(H,82,96)(H,83,95)(H,84,103)(H,85,99)(H,86,100)(H,87,97)(H,105,106)(H4,71,72,74);4*(H,6,7)/t39-,40-,41+,42-,43-,44-,45-,46-,47-,48-,49-,50-,53-,54-;;;;/m0..../s1. The molecule has 0 saturated carbocycles. The van der Waals surface area contributed by atoms with Crippen LogP contribution in [0, 0.1) is 23.7 Å². The second kappa shape index (κ2) is 62.6. The van der Waals surface area contributed by atoms with Crippen LogP contribution in [0.4, 0.5) is 52.7 Å². The number of hydrogen-bond acceptors (Lipinski definition) is 25. The van der Waals surface area contributed by atoms with Crippen molar-refractivity contribution in [1.82, 2.24) is 79.3 Å². The monoisotopic (exact) mass is 1960 g/mol. The van der Waals surface area contributed by atoms with Gasteiger partial charge >= 0.3 is 54.6 Å². The van der Waals surface area contributed by atoms with Crippen LogP contribution in [0.5, 0.6) is 0 Å². The Morgan fingerprint density at radius 1 is 0.410 bits per heavy atom. The van der Waals surface area contributed by atoms with Crippen molar-refractivity contribution >= 4 is 119 Å². The zero-order chi connectivity index (χ0) is 104. The molecule has 14 atom stereocenters. The van der Waals surface area contributed by atoms with Gasteiger partial charge in [0, 0.05) is 13.1 Å². The van der Waals surface area contributed by atoms with E-state index in [2.05, 4.69) is 79.4 Å². The van der Waals surface area contributed by atoms with E-state index in [9.17, 15) is 140 Å². The van der Waals surface area contributed by atoms with Crippen LogP contribution in [-0.4, -0.2) is 321 Å². The Kier molecular flexibility index (Phi) is 59.0. The summed E-state index contributed by atoms with van der Waals surface area (Å²) in [6.45, 7) is 16.8. The lowest BCUT2D eigenvalue weighted by Crippen LogP contribution is -2.62. The summed E-state index contributed by atoms with van der Waals surface area (Å²) < 4.78 is 127. The minimum Gasteiger partial charge on any atom is -0.480 e. The lowest BCUT2D eigenvalue weighted by molar-refractivity contribution is -0.193. The van der Waals surface area contributed by atoms with Gasteiger partial charge in [0.05, 0.1) is 31.8 Å². The molecule has 0 aromatic rings. The summed E-state index contributed by atoms with van der Waals surface area (Å²) in [7, 11) is 0. The number of carboxylic acids is 5. The molecule has 46 nitrogen and oxygen atoms in total. The minimum atomic E-state index is -5.08. The smallest absolute Gasteiger partial charge is 0.480 e. The van der Waals surface area contributed by atoms with Crippen LogP contribution in [0.2, 0.25) is 0 Å². The first kappa shape index (κ1) is 126. The number of nitrogens with zero attached hydrogens (tertiary/aromatic N) is 2. The third-order valence-corrected chi connectivity index (χ3v) is 18.4. The van der Waals surface area contributed by atoms with Gasteiger partial charge < -0.3 is 138 Å². The lowest BCUT2D eigenvalue weighted by Gasteiger charge is -2.29. The van der Waals surface area contributed by atoms with Crippen molar-refractivity contribution in [2.75, 3.05) is 52.4 Å². The maximum Gasteiger partial charge on any atom is 0.490 e. The molecule has 0 aromatic carbocycles. The third kappa shape index (κ3) is 53.8. The normalized spacial score (nSPS) is 16.2. The van der Waals surface area contributed by atoms with Gasteiger partial charge in [0.25, 0.3) is 0 Å². The van der Waals surface area contributed by atoms with Crippen LogP contribution in [-0.2, 0) is 91.1 Å². The zero-order valence-corrected chi connectivity index (χ0v) is 75.3. The van der Waals surface area contributed by atoms with Crippen molar-refractivity contribution in [3.8, 4) is 0 Å². The number of nitrogens with one attached hydrogen (secondary N) is 14. The molecule has 134 heavy (non-hydrogen) atoms. The number of likely N-dealkylation sites (tertiary alicyclic amines) is 1. The Hall–Kier alpha value is -11.8. The summed E-state index contributed by atoms with van der Waals surface area (Å²) in [6.07, 6.45) is -17.6. The predicted molar refractivity (Wildman–Crippen MR) is 444 cm³/mol. The van der Waals surface area contributed by atoms with Gasteiger partial charge in [-0.15, -0.1) is 0 Å². The highest BCUT2D eigenvalue weighted by Crippen LogP contribution is 2.23. The number of hydrogen-bond donors (Lipinski definition) is 25. The molecule has 0 unspecified atom stereocenters. The highest BCUT2D eigenvalue weighted by molar-refractivity contribution is 6.00. The van der Waals surface area contributed by atoms with Gasteiger partial charge in [0.1, 0.15) is 72.5 Å². The number of unbranched alkanes of at least 4 members (excludes halogenated alkanes) is 2. The Morgan fingerprint density at radius 2 is 0.776 bits per heavy atom. The Balaban J connectivity index is -0.00000525. The van der Waals surface area contributed by atoms with E-state index in [-0.39, 0.29) is 94.1 Å². The average molecular weight is 1960 g/mol. The summed E-state index contributed by atoms with van der Waals surface area (Å²) in [4.78, 5) is 244. The first-order valence-corrected chi connectivity index (χ1v) is 41.7. The molecular weight excluding hydrogens is 1840 g/mol. The van der Waals surface area contributed by atoms with Crippen LogP contribution in [0.1, 0.15) is 172 Å². The SMILES string of the molecule is CC(C)C[C@H](NC(=O)[C@@H]1CCCN1)C(=O)N[C@@H](C)C(=O)N[C@@H](CCCN=C(N)N)C(=O)N[C@H](C(=O)N[C@@H](CC(C)C)C(=O)N[C@@H](CO)C(=O)N[C@H](C(=O)N[C@@H](C)C(=O)NCC(=O)N[C@@H](CC(C)C)C(=O)N1CCC[C@H]1C(=O)NCC(=O)N[C@@H](CCCCN)C(=O)N[C@@H](CCCCN)C(=O)O)C(C)C)[C@@H](C)O.O=C(O)C(F)(F)F.O=C(O)C(F)(F)F.O=C(O)C(F)(F)F.O=C(O)C(F)(F)F. The van der Waals surface area contributed by atoms with Gasteiger partial charge in [-0.1, -0.05) is 55.4 Å². The number of nitrogens with two attached hydrogens (primary N) is 4. The number of guanidine groups is 1. The number of aliphatic hydroxyl groups excluding tert-OH is 2. The van der Waals surface area contributed by atoms with E-state index in [0.717, 1.165) is 6.42 Å². The van der Waals surface area contributed by atoms with E-state index in [4.69, 9.17) is 62.5 Å². The van der Waals surface area contributed by atoms with Gasteiger partial charge in [-0.25, -0.2) is 24.0 Å². The Labute approximate surface area is 760 Å². The number of rotatable bonds is 49.